The van der Waals surface area contributed by atoms with Gasteiger partial charge in [0.05, 0.1) is 19.6 Å². The van der Waals surface area contributed by atoms with Crippen molar-refractivity contribution in [3.63, 3.8) is 0 Å². The van der Waals surface area contributed by atoms with Crippen molar-refractivity contribution in [2.75, 3.05) is 20.3 Å². The Morgan fingerprint density at radius 3 is 2.59 bits per heavy atom. The Kier molecular flexibility index (Phi) is 7.01. The summed E-state index contributed by atoms with van der Waals surface area (Å²) >= 11 is 0. The molecule has 0 aromatic heterocycles. The van der Waals surface area contributed by atoms with Crippen LogP contribution < -0.4 is 19.5 Å². The number of carboxylic acids is 1. The number of carbonyl (C=O) groups is 2. The van der Waals surface area contributed by atoms with Crippen molar-refractivity contribution in [3.8, 4) is 23.0 Å². The summed E-state index contributed by atoms with van der Waals surface area (Å²) in [5.74, 6) is 0.897. The molecule has 3 aromatic carbocycles. The maximum absolute atomic E-state index is 12.5. The molecule has 0 saturated heterocycles. The number of rotatable bonds is 8. The summed E-state index contributed by atoms with van der Waals surface area (Å²) in [5.41, 5.74) is 3.05. The van der Waals surface area contributed by atoms with E-state index < -0.39 is 11.9 Å². The van der Waals surface area contributed by atoms with Gasteiger partial charge in [-0.15, -0.1) is 0 Å². The van der Waals surface area contributed by atoms with Gasteiger partial charge >= 0.3 is 5.97 Å². The number of fused-ring (bicyclic) bond motifs is 1. The fourth-order valence-corrected chi connectivity index (χ4v) is 4.02. The van der Waals surface area contributed by atoms with Gasteiger partial charge in [-0.3, -0.25) is 9.59 Å². The van der Waals surface area contributed by atoms with Crippen molar-refractivity contribution in [2.24, 2.45) is 0 Å². The number of carboxylic acid groups (broad SMARTS) is 1. The minimum atomic E-state index is -0.852. The van der Waals surface area contributed by atoms with Crippen LogP contribution in [0.25, 0.3) is 0 Å². The van der Waals surface area contributed by atoms with E-state index in [1.54, 1.807) is 37.4 Å². The van der Waals surface area contributed by atoms with Crippen LogP contribution in [0.3, 0.4) is 0 Å². The van der Waals surface area contributed by atoms with Crippen LogP contribution in [-0.4, -0.2) is 37.2 Å². The third kappa shape index (κ3) is 5.14. The highest BCUT2D eigenvalue weighted by atomic mass is 16.5. The van der Waals surface area contributed by atoms with Crippen LogP contribution in [0.5, 0.6) is 23.0 Å². The zero-order valence-corrected chi connectivity index (χ0v) is 19.2. The summed E-state index contributed by atoms with van der Waals surface area (Å²) in [6.07, 6.45) is 1.11. The standard InChI is InChI=1S/C27H27NO6/c1-17-15-22-21(27(30)31)12-14-33-25(22)16-24(17)34-20-9-7-19(8-10-20)26(29)28-13-11-18-5-3-4-6-23(18)32-2/h3-10,15-16,21H,11-14H2,1-2H3,(H,28,29)(H,30,31). The Bertz CT molecular complexity index is 1190. The largest absolute Gasteiger partial charge is 0.496 e. The second-order valence-corrected chi connectivity index (χ2v) is 8.13. The van der Waals surface area contributed by atoms with Crippen molar-refractivity contribution in [1.29, 1.82) is 0 Å². The first-order valence-electron chi connectivity index (χ1n) is 11.1. The summed E-state index contributed by atoms with van der Waals surface area (Å²) in [7, 11) is 1.63. The molecule has 3 aromatic rings. The molecular formula is C27H27NO6. The van der Waals surface area contributed by atoms with Gasteiger partial charge in [-0.1, -0.05) is 18.2 Å². The lowest BCUT2D eigenvalue weighted by atomic mass is 9.92. The lowest BCUT2D eigenvalue weighted by Gasteiger charge is -2.24. The smallest absolute Gasteiger partial charge is 0.311 e. The van der Waals surface area contributed by atoms with Crippen molar-refractivity contribution < 1.29 is 28.9 Å². The van der Waals surface area contributed by atoms with Crippen LogP contribution in [0.4, 0.5) is 0 Å². The number of carbonyl (C=O) groups excluding carboxylic acids is 1. The number of benzene rings is 3. The molecule has 0 aliphatic carbocycles. The Labute approximate surface area is 198 Å². The lowest BCUT2D eigenvalue weighted by Crippen LogP contribution is -2.25. The van der Waals surface area contributed by atoms with Gasteiger partial charge in [0.25, 0.3) is 5.91 Å². The van der Waals surface area contributed by atoms with E-state index in [1.165, 1.54) is 0 Å². The topological polar surface area (TPSA) is 94.1 Å². The fourth-order valence-electron chi connectivity index (χ4n) is 4.02. The van der Waals surface area contributed by atoms with E-state index in [-0.39, 0.29) is 5.91 Å². The SMILES string of the molecule is COc1ccccc1CCNC(=O)c1ccc(Oc2cc3c(cc2C)C(C(=O)O)CCO3)cc1. The second kappa shape index (κ2) is 10.3. The van der Waals surface area contributed by atoms with Crippen molar-refractivity contribution in [3.05, 3.63) is 82.9 Å². The number of para-hydroxylation sites is 1. The average Bonchev–Trinajstić information content (AvgIpc) is 2.84. The van der Waals surface area contributed by atoms with Crippen LogP contribution in [0.2, 0.25) is 0 Å². The van der Waals surface area contributed by atoms with E-state index in [2.05, 4.69) is 5.32 Å². The Morgan fingerprint density at radius 1 is 1.09 bits per heavy atom. The Morgan fingerprint density at radius 2 is 1.85 bits per heavy atom. The second-order valence-electron chi connectivity index (χ2n) is 8.13. The molecule has 34 heavy (non-hydrogen) atoms. The van der Waals surface area contributed by atoms with E-state index in [4.69, 9.17) is 14.2 Å². The molecule has 7 nitrogen and oxygen atoms in total. The first-order valence-corrected chi connectivity index (χ1v) is 11.1. The predicted molar refractivity (Wildman–Crippen MR) is 127 cm³/mol. The monoisotopic (exact) mass is 461 g/mol. The molecule has 1 atom stereocenters. The molecule has 2 N–H and O–H groups in total. The Balaban J connectivity index is 1.38. The van der Waals surface area contributed by atoms with E-state index >= 15 is 0 Å². The molecular weight excluding hydrogens is 434 g/mol. The summed E-state index contributed by atoms with van der Waals surface area (Å²) in [6.45, 7) is 2.71. The van der Waals surface area contributed by atoms with Crippen LogP contribution >= 0.6 is 0 Å². The molecule has 176 valence electrons. The number of aliphatic carboxylic acids is 1. The number of hydrogen-bond donors (Lipinski definition) is 2. The van der Waals surface area contributed by atoms with Gasteiger partial charge in [-0.2, -0.15) is 0 Å². The highest BCUT2D eigenvalue weighted by Crippen LogP contribution is 2.39. The molecule has 0 bridgehead atoms. The fraction of sp³-hybridized carbons (Fsp3) is 0.259. The maximum Gasteiger partial charge on any atom is 0.311 e. The first-order chi connectivity index (χ1) is 16.5. The molecule has 7 heteroatoms. The van der Waals surface area contributed by atoms with Gasteiger partial charge in [0, 0.05) is 23.7 Å². The number of methoxy groups -OCH3 is 1. The molecule has 0 spiro atoms. The normalized spacial score (nSPS) is 14.5. The quantitative estimate of drug-likeness (QED) is 0.504. The van der Waals surface area contributed by atoms with Gasteiger partial charge in [-0.25, -0.2) is 0 Å². The van der Waals surface area contributed by atoms with Gasteiger partial charge in [0.1, 0.15) is 23.0 Å². The molecule has 1 heterocycles. The third-order valence-electron chi connectivity index (χ3n) is 5.86. The zero-order chi connectivity index (χ0) is 24.1. The lowest BCUT2D eigenvalue weighted by molar-refractivity contribution is -0.139. The van der Waals surface area contributed by atoms with E-state index in [9.17, 15) is 14.7 Å². The maximum atomic E-state index is 12.5. The van der Waals surface area contributed by atoms with Crippen LogP contribution in [-0.2, 0) is 11.2 Å². The highest BCUT2D eigenvalue weighted by Gasteiger charge is 2.28. The predicted octanol–water partition coefficient (Wildman–Crippen LogP) is 4.72. The first kappa shape index (κ1) is 23.2. The molecule has 0 fully saturated rings. The van der Waals surface area contributed by atoms with Crippen molar-refractivity contribution in [2.45, 2.75) is 25.7 Å². The zero-order valence-electron chi connectivity index (χ0n) is 19.2. The van der Waals surface area contributed by atoms with Crippen molar-refractivity contribution >= 4 is 11.9 Å². The minimum Gasteiger partial charge on any atom is -0.496 e. The molecule has 1 unspecified atom stereocenters. The van der Waals surface area contributed by atoms with Gasteiger partial charge in [-0.05, 0) is 67.3 Å². The van der Waals surface area contributed by atoms with E-state index in [0.717, 1.165) is 16.9 Å². The van der Waals surface area contributed by atoms with Gasteiger partial charge in [0.15, 0.2) is 0 Å². The number of ether oxygens (including phenoxy) is 3. The van der Waals surface area contributed by atoms with Crippen molar-refractivity contribution in [1.82, 2.24) is 5.32 Å². The van der Waals surface area contributed by atoms with E-state index in [0.29, 0.717) is 54.4 Å². The van der Waals surface area contributed by atoms with Crippen LogP contribution in [0.1, 0.15) is 39.4 Å². The summed E-state index contributed by atoms with van der Waals surface area (Å²) in [6, 6.07) is 18.2. The average molecular weight is 462 g/mol. The minimum absolute atomic E-state index is 0.167. The Hall–Kier alpha value is -4.00. The third-order valence-corrected chi connectivity index (χ3v) is 5.86. The van der Waals surface area contributed by atoms with E-state index in [1.807, 2.05) is 37.3 Å². The molecule has 1 aliphatic rings. The number of hydrogen-bond acceptors (Lipinski definition) is 5. The number of nitrogens with one attached hydrogen (secondary N) is 1. The van der Waals surface area contributed by atoms with Gasteiger partial charge in [0.2, 0.25) is 0 Å². The molecule has 0 saturated carbocycles. The number of aryl methyl sites for hydroxylation is 1. The van der Waals surface area contributed by atoms with Gasteiger partial charge < -0.3 is 24.6 Å². The summed E-state index contributed by atoms with van der Waals surface area (Å²) in [5, 5.41) is 12.4. The summed E-state index contributed by atoms with van der Waals surface area (Å²) in [4.78, 5) is 24.0. The molecule has 0 radical (unpaired) electrons. The molecule has 1 aliphatic heterocycles. The molecule has 4 rings (SSSR count). The number of amides is 1. The summed E-state index contributed by atoms with van der Waals surface area (Å²) < 4.78 is 17.0. The van der Waals surface area contributed by atoms with Crippen LogP contribution in [0, 0.1) is 6.92 Å². The molecule has 1 amide bonds. The van der Waals surface area contributed by atoms with Crippen LogP contribution in [0.15, 0.2) is 60.7 Å². The highest BCUT2D eigenvalue weighted by molar-refractivity contribution is 5.94.